The topological polar surface area (TPSA) is 190 Å². The molecule has 2 aliphatic rings. The predicted octanol–water partition coefficient (Wildman–Crippen LogP) is -5.40. The van der Waals surface area contributed by atoms with Crippen LogP contribution in [0.25, 0.3) is 0 Å². The van der Waals surface area contributed by atoms with Gasteiger partial charge in [-0.15, -0.1) is 0 Å². The van der Waals surface area contributed by atoms with E-state index < -0.39 is 74.6 Å². The lowest BCUT2D eigenvalue weighted by atomic mass is 9.98. The second-order valence-corrected chi connectivity index (χ2v) is 5.53. The van der Waals surface area contributed by atoms with Crippen LogP contribution in [0.15, 0.2) is 0 Å². The van der Waals surface area contributed by atoms with Gasteiger partial charge in [-0.1, -0.05) is 0 Å². The minimum atomic E-state index is -1.72. The summed E-state index contributed by atoms with van der Waals surface area (Å²) in [7, 11) is 0. The van der Waals surface area contributed by atoms with Gasteiger partial charge in [0.1, 0.15) is 48.8 Å². The van der Waals surface area contributed by atoms with E-state index in [1.807, 2.05) is 0 Å². The summed E-state index contributed by atoms with van der Waals surface area (Å²) >= 11 is 0. The average molecular weight is 342 g/mol. The number of hydrogen-bond donors (Lipinski definition) is 8. The smallest absolute Gasteiger partial charge is 0.189 e. The molecule has 0 aromatic carbocycles. The number of aliphatic hydroxyl groups is 8. The molecule has 0 aromatic heterocycles. The van der Waals surface area contributed by atoms with Crippen LogP contribution < -0.4 is 0 Å². The summed E-state index contributed by atoms with van der Waals surface area (Å²) in [5.74, 6) is 0. The lowest BCUT2D eigenvalue weighted by molar-refractivity contribution is -0.376. The van der Waals surface area contributed by atoms with Crippen LogP contribution in [0.1, 0.15) is 0 Å². The maximum Gasteiger partial charge on any atom is 0.189 e. The number of ether oxygens (including phenoxy) is 3. The summed E-state index contributed by atoms with van der Waals surface area (Å²) in [6, 6.07) is 0. The Balaban J connectivity index is 2.07. The lowest BCUT2D eigenvalue weighted by Gasteiger charge is -2.44. The molecule has 0 aliphatic carbocycles. The number of aliphatic hydroxyl groups excluding tert-OH is 8. The van der Waals surface area contributed by atoms with Crippen LogP contribution in [0.5, 0.6) is 0 Å². The third kappa shape index (κ3) is 3.65. The van der Waals surface area contributed by atoms with E-state index in [2.05, 4.69) is 0 Å². The minimum Gasteiger partial charge on any atom is -0.394 e. The molecule has 10 atom stereocenters. The first kappa shape index (κ1) is 18.9. The van der Waals surface area contributed by atoms with Gasteiger partial charge < -0.3 is 55.1 Å². The van der Waals surface area contributed by atoms with Gasteiger partial charge in [0.15, 0.2) is 12.6 Å². The molecule has 23 heavy (non-hydrogen) atoms. The van der Waals surface area contributed by atoms with E-state index in [0.717, 1.165) is 0 Å². The van der Waals surface area contributed by atoms with Gasteiger partial charge in [-0.3, -0.25) is 0 Å². The fraction of sp³-hybridized carbons (Fsp3) is 1.00. The Bertz CT molecular complexity index is 344. The van der Waals surface area contributed by atoms with Gasteiger partial charge in [-0.2, -0.15) is 0 Å². The van der Waals surface area contributed by atoms with Crippen molar-refractivity contribution in [3.05, 3.63) is 0 Å². The highest BCUT2D eigenvalue weighted by Crippen LogP contribution is 2.27. The summed E-state index contributed by atoms with van der Waals surface area (Å²) in [5.41, 5.74) is 0. The fourth-order valence-corrected chi connectivity index (χ4v) is 2.49. The first-order chi connectivity index (χ1) is 10.8. The van der Waals surface area contributed by atoms with Crippen molar-refractivity contribution in [3.63, 3.8) is 0 Å². The van der Waals surface area contributed by atoms with Gasteiger partial charge >= 0.3 is 0 Å². The molecule has 11 heteroatoms. The van der Waals surface area contributed by atoms with Gasteiger partial charge in [0, 0.05) is 0 Å². The summed E-state index contributed by atoms with van der Waals surface area (Å²) in [6.45, 7) is -1.33. The highest BCUT2D eigenvalue weighted by atomic mass is 16.8. The summed E-state index contributed by atoms with van der Waals surface area (Å²) in [5, 5.41) is 76.4. The molecular formula is C12H22O11. The molecule has 0 aromatic rings. The van der Waals surface area contributed by atoms with Gasteiger partial charge in [-0.05, 0) is 0 Å². The largest absolute Gasteiger partial charge is 0.394 e. The molecule has 2 fully saturated rings. The lowest BCUT2D eigenvalue weighted by Crippen LogP contribution is -2.63. The third-order valence-electron chi connectivity index (χ3n) is 3.97. The van der Waals surface area contributed by atoms with Crippen LogP contribution in [0.4, 0.5) is 0 Å². The van der Waals surface area contributed by atoms with Crippen LogP contribution in [-0.2, 0) is 14.2 Å². The molecule has 11 nitrogen and oxygen atoms in total. The van der Waals surface area contributed by atoms with Crippen LogP contribution >= 0.6 is 0 Å². The maximum atomic E-state index is 9.84. The van der Waals surface area contributed by atoms with Crippen molar-refractivity contribution in [2.45, 2.75) is 61.4 Å². The van der Waals surface area contributed by atoms with Gasteiger partial charge in [0.2, 0.25) is 0 Å². The standard InChI is InChI=1S/C12H22O11/c13-1-3-5(15)7(17)9(19)11(21-3)23-12-10(20)8(18)6(16)4(2-14)22-12/h3-20H,1-2H2/t3-,4+,5-,6+,7+,8-,9-,10+,11-,12?/m1/s1. The van der Waals surface area contributed by atoms with Crippen molar-refractivity contribution in [2.75, 3.05) is 13.2 Å². The molecule has 0 bridgehead atoms. The van der Waals surface area contributed by atoms with Crippen LogP contribution in [0, 0.1) is 0 Å². The molecule has 2 heterocycles. The Kier molecular flexibility index (Phi) is 6.27. The van der Waals surface area contributed by atoms with Crippen LogP contribution in [-0.4, -0.2) is 115 Å². The fourth-order valence-electron chi connectivity index (χ4n) is 2.49. The van der Waals surface area contributed by atoms with E-state index in [1.54, 1.807) is 0 Å². The predicted molar refractivity (Wildman–Crippen MR) is 68.6 cm³/mol. The zero-order valence-electron chi connectivity index (χ0n) is 12.0. The number of rotatable bonds is 4. The molecule has 2 saturated heterocycles. The van der Waals surface area contributed by atoms with Crippen molar-refractivity contribution >= 4 is 0 Å². The number of hydrogen-bond acceptors (Lipinski definition) is 11. The second kappa shape index (κ2) is 7.63. The van der Waals surface area contributed by atoms with Crippen molar-refractivity contribution in [2.24, 2.45) is 0 Å². The monoisotopic (exact) mass is 342 g/mol. The summed E-state index contributed by atoms with van der Waals surface area (Å²) in [4.78, 5) is 0. The Morgan fingerprint density at radius 3 is 1.22 bits per heavy atom. The molecule has 0 radical (unpaired) electrons. The Morgan fingerprint density at radius 1 is 0.565 bits per heavy atom. The van der Waals surface area contributed by atoms with Crippen LogP contribution in [0.2, 0.25) is 0 Å². The van der Waals surface area contributed by atoms with Crippen molar-refractivity contribution in [1.29, 1.82) is 0 Å². The van der Waals surface area contributed by atoms with E-state index in [4.69, 9.17) is 24.4 Å². The quantitative estimate of drug-likeness (QED) is 0.243. The zero-order valence-corrected chi connectivity index (χ0v) is 12.0. The van der Waals surface area contributed by atoms with Crippen molar-refractivity contribution < 1.29 is 55.1 Å². The molecule has 0 amide bonds. The molecule has 1 unspecified atom stereocenters. The molecule has 2 aliphatic heterocycles. The van der Waals surface area contributed by atoms with E-state index in [1.165, 1.54) is 0 Å². The van der Waals surface area contributed by atoms with Crippen LogP contribution in [0.3, 0.4) is 0 Å². The molecule has 8 N–H and O–H groups in total. The highest BCUT2D eigenvalue weighted by molar-refractivity contribution is 4.92. The SMILES string of the molecule is OC[C@@H]1OC(O[C@H]2O[C@H](CO)[C@@H](O)[C@H](O)[C@H]2O)[C@@H](O)[C@H](O)[C@H]1O. The molecular weight excluding hydrogens is 320 g/mol. The molecule has 0 spiro atoms. The van der Waals surface area contributed by atoms with E-state index in [-0.39, 0.29) is 0 Å². The van der Waals surface area contributed by atoms with Crippen molar-refractivity contribution in [3.8, 4) is 0 Å². The van der Waals surface area contributed by atoms with E-state index in [9.17, 15) is 30.6 Å². The third-order valence-corrected chi connectivity index (χ3v) is 3.97. The summed E-state index contributed by atoms with van der Waals surface area (Å²) < 4.78 is 15.3. The Morgan fingerprint density at radius 2 is 0.913 bits per heavy atom. The minimum absolute atomic E-state index is 0.667. The zero-order chi connectivity index (χ0) is 17.3. The normalized spacial score (nSPS) is 51.7. The highest BCUT2D eigenvalue weighted by Gasteiger charge is 2.49. The van der Waals surface area contributed by atoms with Crippen molar-refractivity contribution in [1.82, 2.24) is 0 Å². The molecule has 0 saturated carbocycles. The average Bonchev–Trinajstić information content (AvgIpc) is 2.55. The first-order valence-electron chi connectivity index (χ1n) is 7.08. The molecule has 136 valence electrons. The van der Waals surface area contributed by atoms with E-state index in [0.29, 0.717) is 0 Å². The molecule has 2 rings (SSSR count). The van der Waals surface area contributed by atoms with Gasteiger partial charge in [-0.25, -0.2) is 0 Å². The summed E-state index contributed by atoms with van der Waals surface area (Å²) in [6.07, 6.45) is -15.6. The second-order valence-electron chi connectivity index (χ2n) is 5.53. The Hall–Kier alpha value is -0.440. The Labute approximate surface area is 130 Å². The van der Waals surface area contributed by atoms with E-state index >= 15 is 0 Å². The maximum absolute atomic E-state index is 9.84. The first-order valence-corrected chi connectivity index (χ1v) is 7.08. The van der Waals surface area contributed by atoms with Gasteiger partial charge in [0.05, 0.1) is 13.2 Å². The van der Waals surface area contributed by atoms with Gasteiger partial charge in [0.25, 0.3) is 0 Å².